The highest BCUT2D eigenvalue weighted by molar-refractivity contribution is 5.93. The molecule has 0 fully saturated rings. The van der Waals surface area contributed by atoms with Gasteiger partial charge in [0.25, 0.3) is 11.6 Å². The Morgan fingerprint density at radius 1 is 1.21 bits per heavy atom. The zero-order valence-corrected chi connectivity index (χ0v) is 13.4. The molecule has 2 aromatic rings. The molecule has 0 radical (unpaired) electrons. The normalized spacial score (nSPS) is 10.1. The van der Waals surface area contributed by atoms with Gasteiger partial charge in [-0.1, -0.05) is 12.1 Å². The number of amides is 1. The summed E-state index contributed by atoms with van der Waals surface area (Å²) >= 11 is 0. The molecule has 0 atom stereocenters. The molecule has 126 valence electrons. The molecule has 0 spiro atoms. The SMILES string of the molecule is CCOc1ccccc1NC(=O)COc1ccc([N+](=O)[O-])c(C)c1. The molecule has 24 heavy (non-hydrogen) atoms. The predicted molar refractivity (Wildman–Crippen MR) is 89.6 cm³/mol. The maximum absolute atomic E-state index is 12.0. The van der Waals surface area contributed by atoms with E-state index < -0.39 is 4.92 Å². The van der Waals surface area contributed by atoms with Gasteiger partial charge >= 0.3 is 0 Å². The van der Waals surface area contributed by atoms with Gasteiger partial charge in [0, 0.05) is 11.6 Å². The first-order valence-electron chi connectivity index (χ1n) is 7.40. The number of nitro groups is 1. The van der Waals surface area contributed by atoms with Gasteiger partial charge in [-0.3, -0.25) is 14.9 Å². The van der Waals surface area contributed by atoms with E-state index in [0.29, 0.717) is 29.4 Å². The number of carbonyl (C=O) groups is 1. The molecule has 1 amide bonds. The molecule has 7 heteroatoms. The van der Waals surface area contributed by atoms with Crippen LogP contribution < -0.4 is 14.8 Å². The van der Waals surface area contributed by atoms with Crippen LogP contribution in [0.1, 0.15) is 12.5 Å². The summed E-state index contributed by atoms with van der Waals surface area (Å²) in [6, 6.07) is 11.5. The Hall–Kier alpha value is -3.09. The lowest BCUT2D eigenvalue weighted by molar-refractivity contribution is -0.385. The van der Waals surface area contributed by atoms with E-state index >= 15 is 0 Å². The fourth-order valence-electron chi connectivity index (χ4n) is 2.11. The van der Waals surface area contributed by atoms with Gasteiger partial charge in [0.1, 0.15) is 11.5 Å². The number of anilines is 1. The van der Waals surface area contributed by atoms with Crippen molar-refractivity contribution in [2.75, 3.05) is 18.5 Å². The van der Waals surface area contributed by atoms with Gasteiger partial charge in [-0.05, 0) is 38.1 Å². The summed E-state index contributed by atoms with van der Waals surface area (Å²) in [4.78, 5) is 22.3. The van der Waals surface area contributed by atoms with E-state index in [4.69, 9.17) is 9.47 Å². The van der Waals surface area contributed by atoms with Gasteiger partial charge in [-0.25, -0.2) is 0 Å². The summed E-state index contributed by atoms with van der Waals surface area (Å²) in [6.45, 7) is 3.76. The monoisotopic (exact) mass is 330 g/mol. The molecular formula is C17H18N2O5. The summed E-state index contributed by atoms with van der Waals surface area (Å²) in [5.74, 6) is 0.629. The topological polar surface area (TPSA) is 90.7 Å². The molecule has 0 saturated carbocycles. The van der Waals surface area contributed by atoms with Crippen LogP contribution in [0.2, 0.25) is 0 Å². The molecule has 0 unspecified atom stereocenters. The van der Waals surface area contributed by atoms with Gasteiger partial charge < -0.3 is 14.8 Å². The van der Waals surface area contributed by atoms with Crippen molar-refractivity contribution in [2.24, 2.45) is 0 Å². The Kier molecular flexibility index (Phi) is 5.73. The first kappa shape index (κ1) is 17.3. The maximum atomic E-state index is 12.0. The fourth-order valence-corrected chi connectivity index (χ4v) is 2.11. The molecule has 0 heterocycles. The van der Waals surface area contributed by atoms with Crippen molar-refractivity contribution in [1.82, 2.24) is 0 Å². The lowest BCUT2D eigenvalue weighted by atomic mass is 10.2. The first-order chi connectivity index (χ1) is 11.5. The lowest BCUT2D eigenvalue weighted by Crippen LogP contribution is -2.20. The molecule has 0 saturated heterocycles. The van der Waals surface area contributed by atoms with Crippen molar-refractivity contribution in [3.63, 3.8) is 0 Å². The number of nitrogens with one attached hydrogen (secondary N) is 1. The fraction of sp³-hybridized carbons (Fsp3) is 0.235. The molecule has 0 aromatic heterocycles. The van der Waals surface area contributed by atoms with Crippen molar-refractivity contribution in [3.8, 4) is 11.5 Å². The number of ether oxygens (including phenoxy) is 2. The highest BCUT2D eigenvalue weighted by Crippen LogP contribution is 2.24. The number of nitrogens with zero attached hydrogens (tertiary/aromatic N) is 1. The van der Waals surface area contributed by atoms with Crippen LogP contribution in [0.25, 0.3) is 0 Å². The molecule has 7 nitrogen and oxygen atoms in total. The van der Waals surface area contributed by atoms with Crippen LogP contribution in [-0.4, -0.2) is 24.0 Å². The zero-order valence-electron chi connectivity index (χ0n) is 13.4. The van der Waals surface area contributed by atoms with Crippen molar-refractivity contribution in [3.05, 3.63) is 58.1 Å². The van der Waals surface area contributed by atoms with Crippen LogP contribution in [0.3, 0.4) is 0 Å². The number of nitro benzene ring substituents is 1. The molecule has 0 aliphatic carbocycles. The van der Waals surface area contributed by atoms with Gasteiger partial charge in [0.15, 0.2) is 6.61 Å². The third-order valence-electron chi connectivity index (χ3n) is 3.20. The van der Waals surface area contributed by atoms with Gasteiger partial charge in [0.05, 0.1) is 17.2 Å². The Balaban J connectivity index is 1.96. The van der Waals surface area contributed by atoms with E-state index in [2.05, 4.69) is 5.32 Å². The molecule has 1 N–H and O–H groups in total. The highest BCUT2D eigenvalue weighted by Gasteiger charge is 2.12. The minimum atomic E-state index is -0.462. The average molecular weight is 330 g/mol. The zero-order chi connectivity index (χ0) is 17.5. The highest BCUT2D eigenvalue weighted by atomic mass is 16.6. The molecule has 0 aliphatic heterocycles. The number of hydrogen-bond acceptors (Lipinski definition) is 5. The third kappa shape index (κ3) is 4.45. The number of para-hydroxylation sites is 2. The summed E-state index contributed by atoms with van der Waals surface area (Å²) in [5.41, 5.74) is 1.05. The Bertz CT molecular complexity index is 746. The van der Waals surface area contributed by atoms with Crippen LogP contribution in [0.15, 0.2) is 42.5 Å². The quantitative estimate of drug-likeness (QED) is 0.621. The number of rotatable bonds is 7. The van der Waals surface area contributed by atoms with Crippen LogP contribution in [0.5, 0.6) is 11.5 Å². The molecule has 0 bridgehead atoms. The van der Waals surface area contributed by atoms with Crippen molar-refractivity contribution >= 4 is 17.3 Å². The average Bonchev–Trinajstić information content (AvgIpc) is 2.55. The minimum absolute atomic E-state index is 0.0115. The molecule has 0 aliphatic rings. The van der Waals surface area contributed by atoms with Crippen molar-refractivity contribution in [2.45, 2.75) is 13.8 Å². The Labute approximate surface area is 139 Å². The van der Waals surface area contributed by atoms with Gasteiger partial charge in [-0.2, -0.15) is 0 Å². The lowest BCUT2D eigenvalue weighted by Gasteiger charge is -2.12. The Morgan fingerprint density at radius 2 is 1.96 bits per heavy atom. The van der Waals surface area contributed by atoms with E-state index in [1.54, 1.807) is 25.1 Å². The summed E-state index contributed by atoms with van der Waals surface area (Å²) in [5, 5.41) is 13.5. The third-order valence-corrected chi connectivity index (χ3v) is 3.20. The van der Waals surface area contributed by atoms with Crippen LogP contribution >= 0.6 is 0 Å². The minimum Gasteiger partial charge on any atom is -0.492 e. The summed E-state index contributed by atoms with van der Waals surface area (Å²) < 4.78 is 10.8. The van der Waals surface area contributed by atoms with Gasteiger partial charge in [-0.15, -0.1) is 0 Å². The second-order valence-corrected chi connectivity index (χ2v) is 4.97. The first-order valence-corrected chi connectivity index (χ1v) is 7.40. The number of hydrogen-bond donors (Lipinski definition) is 1. The van der Waals surface area contributed by atoms with E-state index in [-0.39, 0.29) is 18.2 Å². The summed E-state index contributed by atoms with van der Waals surface area (Å²) in [7, 11) is 0. The van der Waals surface area contributed by atoms with E-state index in [1.165, 1.54) is 18.2 Å². The standard InChI is InChI=1S/C17H18N2O5/c1-3-23-16-7-5-4-6-14(16)18-17(20)11-24-13-8-9-15(19(21)22)12(2)10-13/h4-10H,3,11H2,1-2H3,(H,18,20). The number of aryl methyl sites for hydroxylation is 1. The number of benzene rings is 2. The van der Waals surface area contributed by atoms with Gasteiger partial charge in [0.2, 0.25) is 0 Å². The van der Waals surface area contributed by atoms with E-state index in [0.717, 1.165) is 0 Å². The number of carbonyl (C=O) groups excluding carboxylic acids is 1. The summed E-state index contributed by atoms with van der Waals surface area (Å²) in [6.07, 6.45) is 0. The second-order valence-electron chi connectivity index (χ2n) is 4.97. The van der Waals surface area contributed by atoms with E-state index in [1.807, 2.05) is 13.0 Å². The smallest absolute Gasteiger partial charge is 0.272 e. The molecule has 2 rings (SSSR count). The molecule has 2 aromatic carbocycles. The van der Waals surface area contributed by atoms with Crippen molar-refractivity contribution in [1.29, 1.82) is 0 Å². The predicted octanol–water partition coefficient (Wildman–Crippen LogP) is 3.32. The van der Waals surface area contributed by atoms with Crippen LogP contribution in [0.4, 0.5) is 11.4 Å². The van der Waals surface area contributed by atoms with E-state index in [9.17, 15) is 14.9 Å². The van der Waals surface area contributed by atoms with Crippen molar-refractivity contribution < 1.29 is 19.2 Å². The second kappa shape index (κ2) is 7.96. The largest absolute Gasteiger partial charge is 0.492 e. The van der Waals surface area contributed by atoms with Crippen LogP contribution in [-0.2, 0) is 4.79 Å². The molecular weight excluding hydrogens is 312 g/mol. The van der Waals surface area contributed by atoms with Crippen LogP contribution in [0, 0.1) is 17.0 Å². The Morgan fingerprint density at radius 3 is 2.62 bits per heavy atom. The maximum Gasteiger partial charge on any atom is 0.272 e.